The molecule has 6 aromatic carbocycles. The third kappa shape index (κ3) is 17.5. The Kier molecular flexibility index (Phi) is 22.3. The number of anilines is 1. The highest BCUT2D eigenvalue weighted by atomic mass is 32.2. The van der Waals surface area contributed by atoms with E-state index >= 15 is 0 Å². The standard InChI is InChI=1S/C18H27NO3S.C16H12F5N3O2S.C16H20O5S.C15H12N2O4S/c1-6-19-8-7-15(23(19,21)22)9-14-10-16(12(2)3)18(20)17(11-14)13(4)5;17-9-1-6-12(13(18)7-9)14-8-15(16(19,20)21)23-24(14)10-2-4-11(5-3-10)27(22,25)26;1-10(2)20-14-13(16(3,4)21-15(14)17)11-6-8-12(9-7-11)22(5,18)19;16-22(19,20)13-8-6-11(7-9-13)14-10-17(15(18)21-14)12-4-2-1-3-5-12/h9-13,20H,6-8H2,1-5H3;1-7,14H,8H2,(H2,22,25,26);6-10H,1-5H3;1-10H,(H2,16,19,20)/b15-9+;;;. The van der Waals surface area contributed by atoms with Gasteiger partial charge in [0.2, 0.25) is 35.8 Å². The number of hydrazone groups is 1. The lowest BCUT2D eigenvalue weighted by molar-refractivity contribution is -0.147. The summed E-state index contributed by atoms with van der Waals surface area (Å²) in [5, 5.41) is 24.9. The van der Waals surface area contributed by atoms with Gasteiger partial charge in [-0.05, 0) is 165 Å². The van der Waals surface area contributed by atoms with Crippen LogP contribution in [0.1, 0.15) is 121 Å². The summed E-state index contributed by atoms with van der Waals surface area (Å²) in [5.41, 5.74) is 3.15. The molecule has 0 spiro atoms. The number of nitrogens with two attached hydrogens (primary N) is 2. The van der Waals surface area contributed by atoms with E-state index in [0.717, 1.165) is 52.2 Å². The number of alkyl halides is 3. The Hall–Kier alpha value is -8.32. The molecule has 4 heterocycles. The van der Waals surface area contributed by atoms with Gasteiger partial charge in [-0.2, -0.15) is 22.6 Å². The fourth-order valence-corrected chi connectivity index (χ4v) is 13.4. The molecule has 504 valence electrons. The Bertz CT molecular complexity index is 4550. The van der Waals surface area contributed by atoms with Crippen LogP contribution >= 0.6 is 0 Å². The number of carbonyl (C=O) groups is 1. The molecule has 7 aromatic rings. The highest BCUT2D eigenvalue weighted by Gasteiger charge is 2.45. The summed E-state index contributed by atoms with van der Waals surface area (Å²) in [4.78, 5) is 24.4. The van der Waals surface area contributed by atoms with Crippen LogP contribution in [0.4, 0.5) is 27.6 Å². The maximum atomic E-state index is 14.1. The third-order valence-electron chi connectivity index (χ3n) is 14.8. The van der Waals surface area contributed by atoms with Crippen LogP contribution in [0.5, 0.6) is 5.75 Å². The fourth-order valence-electron chi connectivity index (χ4n) is 10.1. The van der Waals surface area contributed by atoms with E-state index in [2.05, 4.69) is 5.10 Å². The number of oxazole rings is 1. The van der Waals surface area contributed by atoms with Gasteiger partial charge in [-0.3, -0.25) is 5.01 Å². The zero-order chi connectivity index (χ0) is 69.8. The van der Waals surface area contributed by atoms with Gasteiger partial charge >= 0.3 is 17.9 Å². The number of carbonyl (C=O) groups excluding carboxylic acids is 1. The van der Waals surface area contributed by atoms with Gasteiger partial charge in [0, 0.05) is 43.0 Å². The van der Waals surface area contributed by atoms with E-state index < -0.39 is 93.2 Å². The van der Waals surface area contributed by atoms with Gasteiger partial charge in [0.1, 0.15) is 28.7 Å². The lowest BCUT2D eigenvalue weighted by Crippen LogP contribution is -2.24. The summed E-state index contributed by atoms with van der Waals surface area (Å²) in [5.74, 6) is -1.67. The second kappa shape index (κ2) is 28.7. The minimum absolute atomic E-state index is 0.00101. The van der Waals surface area contributed by atoms with Crippen LogP contribution in [0.3, 0.4) is 0 Å². The number of hydrogen-bond donors (Lipinski definition) is 3. The SMILES string of the molecule is CC(C)OC1=C(c2ccc(S(C)(=O)=O)cc2)C(C)(C)OC1=O.CCN1CC/C(=C\c2cc(C(C)C)c(O)c(C(C)C)c2)S1(=O)=O.NS(=O)(=O)c1ccc(-c2cn(-c3ccccc3)c(=O)o2)cc1.NS(=O)(=O)c1ccc(N2N=C(C(F)(F)F)CC2c2ccc(F)cc2F)cc1. The Labute approximate surface area is 542 Å². The van der Waals surface area contributed by atoms with Crippen molar-refractivity contribution in [3.8, 4) is 22.8 Å². The molecule has 1 fully saturated rings. The van der Waals surface area contributed by atoms with Crippen molar-refractivity contribution in [2.75, 3.05) is 24.4 Å². The summed E-state index contributed by atoms with van der Waals surface area (Å²) in [6.07, 6.45) is -0.522. The van der Waals surface area contributed by atoms with Crippen molar-refractivity contribution in [1.29, 1.82) is 0 Å². The number of benzene rings is 6. The number of sulfonamides is 3. The molecule has 0 bridgehead atoms. The summed E-state index contributed by atoms with van der Waals surface area (Å²) in [6.45, 7) is 18.2. The van der Waals surface area contributed by atoms with Gasteiger partial charge < -0.3 is 19.0 Å². The van der Waals surface area contributed by atoms with Crippen molar-refractivity contribution >= 4 is 68.9 Å². The first-order valence-corrected chi connectivity index (χ1v) is 35.5. The van der Waals surface area contributed by atoms with Gasteiger partial charge in [0.15, 0.2) is 15.6 Å². The van der Waals surface area contributed by atoms with Gasteiger partial charge in [0.05, 0.1) is 54.9 Å². The molecule has 0 radical (unpaired) electrons. The number of cyclic esters (lactones) is 1. The van der Waals surface area contributed by atoms with Crippen LogP contribution in [-0.4, -0.2) is 96.6 Å². The first-order chi connectivity index (χ1) is 43.6. The monoisotopic (exact) mass is 1380 g/mol. The Morgan fingerprint density at radius 1 is 0.755 bits per heavy atom. The number of rotatable bonds is 14. The number of sulfone groups is 1. The lowest BCUT2D eigenvalue weighted by Gasteiger charge is -2.24. The summed E-state index contributed by atoms with van der Waals surface area (Å²) in [7, 11) is -14.3. The van der Waals surface area contributed by atoms with Gasteiger partial charge in [-0.25, -0.2) is 66.9 Å². The number of halogens is 5. The molecule has 10 rings (SSSR count). The van der Waals surface area contributed by atoms with Gasteiger partial charge in [-0.15, -0.1) is 0 Å². The van der Waals surface area contributed by atoms with Crippen molar-refractivity contribution in [3.63, 3.8) is 0 Å². The Morgan fingerprint density at radius 3 is 1.77 bits per heavy atom. The van der Waals surface area contributed by atoms with E-state index in [1.165, 1.54) is 57.4 Å². The number of esters is 1. The van der Waals surface area contributed by atoms with Crippen LogP contribution < -0.4 is 21.0 Å². The molecule has 1 unspecified atom stereocenters. The molecular weight excluding hydrogens is 1310 g/mol. The molecule has 94 heavy (non-hydrogen) atoms. The first-order valence-electron chi connectivity index (χ1n) is 29.1. The van der Waals surface area contributed by atoms with Gasteiger partial charge in [-0.1, -0.05) is 71.0 Å². The smallest absolute Gasteiger partial charge is 0.431 e. The summed E-state index contributed by atoms with van der Waals surface area (Å²) < 4.78 is 179. The predicted octanol–water partition coefficient (Wildman–Crippen LogP) is 11.8. The quantitative estimate of drug-likeness (QED) is 0.0673. The minimum Gasteiger partial charge on any atom is -0.507 e. The molecule has 1 aromatic heterocycles. The number of aromatic nitrogens is 1. The maximum Gasteiger partial charge on any atom is 0.431 e. The zero-order valence-electron chi connectivity index (χ0n) is 52.7. The van der Waals surface area contributed by atoms with E-state index in [0.29, 0.717) is 64.4 Å². The van der Waals surface area contributed by atoms with Crippen LogP contribution in [0.2, 0.25) is 0 Å². The summed E-state index contributed by atoms with van der Waals surface area (Å²) >= 11 is 0. The Balaban J connectivity index is 0.000000178. The number of primary sulfonamides is 2. The zero-order valence-corrected chi connectivity index (χ0v) is 56.0. The number of nitrogens with zero attached hydrogens (tertiary/aromatic N) is 4. The highest BCUT2D eigenvalue weighted by Crippen LogP contribution is 2.43. The maximum absolute atomic E-state index is 14.1. The number of phenolic OH excluding ortho intramolecular Hbond substituents is 1. The highest BCUT2D eigenvalue weighted by molar-refractivity contribution is 7.93. The van der Waals surface area contributed by atoms with Crippen LogP contribution in [-0.2, 0) is 54.2 Å². The lowest BCUT2D eigenvalue weighted by atomic mass is 9.91. The number of para-hydroxylation sites is 1. The van der Waals surface area contributed by atoms with E-state index in [1.54, 1.807) is 50.4 Å². The van der Waals surface area contributed by atoms with Crippen molar-refractivity contribution in [1.82, 2.24) is 8.87 Å². The molecule has 3 aliphatic heterocycles. The van der Waals surface area contributed by atoms with E-state index in [1.807, 2.05) is 78.8 Å². The topological polar surface area (TPSA) is 298 Å². The second-order valence-electron chi connectivity index (χ2n) is 23.2. The van der Waals surface area contributed by atoms with Gasteiger partial charge in [0.25, 0.3) is 0 Å². The van der Waals surface area contributed by atoms with E-state index in [4.69, 9.17) is 24.2 Å². The van der Waals surface area contributed by atoms with Crippen molar-refractivity contribution in [2.24, 2.45) is 15.4 Å². The second-order valence-corrected chi connectivity index (χ2v) is 30.4. The number of ether oxygens (including phenoxy) is 2. The summed E-state index contributed by atoms with van der Waals surface area (Å²) in [6, 6.07) is 31.0. The van der Waals surface area contributed by atoms with E-state index in [-0.39, 0.29) is 49.6 Å². The Morgan fingerprint density at radius 2 is 1.29 bits per heavy atom. The normalized spacial score (nSPS) is 16.9. The largest absolute Gasteiger partial charge is 0.507 e. The van der Waals surface area contributed by atoms with Crippen molar-refractivity contribution < 1.29 is 79.4 Å². The van der Waals surface area contributed by atoms with Crippen LogP contribution in [0.25, 0.3) is 28.7 Å². The molecule has 5 N–H and O–H groups in total. The molecular formula is C65H71F5N6O14S4. The van der Waals surface area contributed by atoms with E-state index in [9.17, 15) is 70.3 Å². The molecule has 0 amide bonds. The average molecular weight is 1380 g/mol. The first kappa shape index (κ1) is 73.1. The van der Waals surface area contributed by atoms with Crippen LogP contribution in [0.15, 0.2) is 179 Å². The predicted molar refractivity (Wildman–Crippen MR) is 347 cm³/mol. The molecule has 1 atom stereocenters. The minimum atomic E-state index is -4.73. The molecule has 3 aliphatic rings. The number of aromatic hydroxyl groups is 1. The number of phenols is 1. The number of hydrogen-bond acceptors (Lipinski definition) is 16. The fraction of sp³-hybridized carbons (Fsp3) is 0.308. The molecule has 29 heteroatoms. The van der Waals surface area contributed by atoms with Crippen molar-refractivity contribution in [3.05, 3.63) is 200 Å². The average Bonchev–Trinajstić information content (AvgIpc) is 1.60. The molecule has 0 aliphatic carbocycles. The molecule has 0 saturated carbocycles. The molecule has 1 saturated heterocycles. The van der Waals surface area contributed by atoms with Crippen molar-refractivity contribution in [2.45, 2.75) is 126 Å². The van der Waals surface area contributed by atoms with Crippen LogP contribution in [0, 0.1) is 11.6 Å². The molecule has 20 nitrogen and oxygen atoms in total. The third-order valence-corrected chi connectivity index (χ3v) is 19.9.